The minimum Gasteiger partial charge on any atom is -0.489 e. The van der Waals surface area contributed by atoms with E-state index in [1.165, 1.54) is 0 Å². The molecular weight excluding hydrogens is 238 g/mol. The summed E-state index contributed by atoms with van der Waals surface area (Å²) in [5, 5.41) is 9.87. The fraction of sp³-hybridized carbons (Fsp3) is 0.312. The molecule has 1 aromatic carbocycles. The van der Waals surface area contributed by atoms with Gasteiger partial charge in [-0.3, -0.25) is 4.98 Å². The van der Waals surface area contributed by atoms with E-state index in [1.54, 1.807) is 12.4 Å². The third-order valence-corrected chi connectivity index (χ3v) is 2.96. The zero-order valence-corrected chi connectivity index (χ0v) is 11.1. The third kappa shape index (κ3) is 4.07. The molecule has 0 aliphatic heterocycles. The van der Waals surface area contributed by atoms with Crippen molar-refractivity contribution in [2.45, 2.75) is 32.5 Å². The van der Waals surface area contributed by atoms with Crippen LogP contribution in [0.5, 0.6) is 5.75 Å². The lowest BCUT2D eigenvalue weighted by Gasteiger charge is -2.11. The van der Waals surface area contributed by atoms with Crippen LogP contribution in [0, 0.1) is 0 Å². The maximum Gasteiger partial charge on any atom is 0.119 e. The van der Waals surface area contributed by atoms with Gasteiger partial charge in [0.1, 0.15) is 12.4 Å². The molecule has 100 valence electrons. The van der Waals surface area contributed by atoms with Crippen molar-refractivity contribution in [1.29, 1.82) is 0 Å². The summed E-state index contributed by atoms with van der Waals surface area (Å²) < 4.78 is 5.67. The van der Waals surface area contributed by atoms with E-state index in [4.69, 9.17) is 4.74 Å². The van der Waals surface area contributed by atoms with E-state index < -0.39 is 0 Å². The standard InChI is InChI=1S/C16H19NO2/c1-2-4-16(18)14-6-8-15(9-7-14)19-12-13-5-3-10-17-11-13/h3,5-11,16,18H,2,4,12H2,1H3. The second-order valence-corrected chi connectivity index (χ2v) is 4.52. The number of aliphatic hydroxyl groups excluding tert-OH is 1. The van der Waals surface area contributed by atoms with Crippen LogP contribution < -0.4 is 4.74 Å². The van der Waals surface area contributed by atoms with E-state index in [1.807, 2.05) is 36.4 Å². The van der Waals surface area contributed by atoms with Crippen molar-refractivity contribution < 1.29 is 9.84 Å². The Morgan fingerprint density at radius 1 is 1.21 bits per heavy atom. The molecule has 1 aromatic heterocycles. The number of pyridine rings is 1. The van der Waals surface area contributed by atoms with Gasteiger partial charge in [-0.2, -0.15) is 0 Å². The SMILES string of the molecule is CCCC(O)c1ccc(OCc2cccnc2)cc1. The molecule has 2 aromatic rings. The number of benzene rings is 1. The first-order chi connectivity index (χ1) is 9.29. The number of ether oxygens (including phenoxy) is 1. The van der Waals surface area contributed by atoms with Crippen LogP contribution >= 0.6 is 0 Å². The normalized spacial score (nSPS) is 12.1. The Labute approximate surface area is 113 Å². The topological polar surface area (TPSA) is 42.4 Å². The van der Waals surface area contributed by atoms with Crippen LogP contribution in [0.1, 0.15) is 37.0 Å². The van der Waals surface area contributed by atoms with E-state index >= 15 is 0 Å². The Balaban J connectivity index is 1.92. The van der Waals surface area contributed by atoms with Crippen LogP contribution in [0.25, 0.3) is 0 Å². The monoisotopic (exact) mass is 257 g/mol. The van der Waals surface area contributed by atoms with E-state index in [9.17, 15) is 5.11 Å². The summed E-state index contributed by atoms with van der Waals surface area (Å²) in [6.45, 7) is 2.57. The predicted octanol–water partition coefficient (Wildman–Crippen LogP) is 3.49. The van der Waals surface area contributed by atoms with Crippen molar-refractivity contribution in [2.75, 3.05) is 0 Å². The van der Waals surface area contributed by atoms with Gasteiger partial charge < -0.3 is 9.84 Å². The summed E-state index contributed by atoms with van der Waals surface area (Å²) in [6.07, 6.45) is 4.92. The zero-order chi connectivity index (χ0) is 13.5. The molecule has 0 radical (unpaired) electrons. The molecule has 1 atom stereocenters. The lowest BCUT2D eigenvalue weighted by Crippen LogP contribution is -1.98. The predicted molar refractivity (Wildman–Crippen MR) is 74.9 cm³/mol. The van der Waals surface area contributed by atoms with Crippen molar-refractivity contribution in [3.8, 4) is 5.75 Å². The molecule has 1 heterocycles. The van der Waals surface area contributed by atoms with Crippen LogP contribution in [0.2, 0.25) is 0 Å². The fourth-order valence-electron chi connectivity index (χ4n) is 1.88. The molecule has 0 aliphatic carbocycles. The molecule has 0 fully saturated rings. The van der Waals surface area contributed by atoms with Gasteiger partial charge >= 0.3 is 0 Å². The molecule has 0 spiro atoms. The van der Waals surface area contributed by atoms with E-state index in [0.717, 1.165) is 29.7 Å². The third-order valence-electron chi connectivity index (χ3n) is 2.96. The van der Waals surface area contributed by atoms with Crippen molar-refractivity contribution >= 4 is 0 Å². The molecule has 0 bridgehead atoms. The first-order valence-corrected chi connectivity index (χ1v) is 6.59. The molecule has 0 saturated carbocycles. The summed E-state index contributed by atoms with van der Waals surface area (Å²) >= 11 is 0. The molecule has 3 heteroatoms. The number of hydrogen-bond acceptors (Lipinski definition) is 3. The Bertz CT molecular complexity index is 482. The zero-order valence-electron chi connectivity index (χ0n) is 11.1. The number of hydrogen-bond donors (Lipinski definition) is 1. The maximum atomic E-state index is 9.87. The quantitative estimate of drug-likeness (QED) is 0.861. The van der Waals surface area contributed by atoms with Gasteiger partial charge in [0.05, 0.1) is 6.10 Å². The Morgan fingerprint density at radius 3 is 2.63 bits per heavy atom. The van der Waals surface area contributed by atoms with Crippen LogP contribution in [0.4, 0.5) is 0 Å². The molecule has 1 unspecified atom stereocenters. The highest BCUT2D eigenvalue weighted by Gasteiger charge is 2.05. The fourth-order valence-corrected chi connectivity index (χ4v) is 1.88. The second-order valence-electron chi connectivity index (χ2n) is 4.52. The average molecular weight is 257 g/mol. The highest BCUT2D eigenvalue weighted by molar-refractivity contribution is 5.28. The van der Waals surface area contributed by atoms with Crippen molar-refractivity contribution in [3.63, 3.8) is 0 Å². The van der Waals surface area contributed by atoms with E-state index in [-0.39, 0.29) is 6.10 Å². The minimum atomic E-state index is -0.377. The van der Waals surface area contributed by atoms with Gasteiger partial charge in [0, 0.05) is 18.0 Å². The number of aliphatic hydroxyl groups is 1. The van der Waals surface area contributed by atoms with Gasteiger partial charge in [-0.25, -0.2) is 0 Å². The molecule has 0 amide bonds. The van der Waals surface area contributed by atoms with Crippen LogP contribution in [-0.4, -0.2) is 10.1 Å². The molecule has 1 N–H and O–H groups in total. The molecule has 3 nitrogen and oxygen atoms in total. The van der Waals surface area contributed by atoms with Crippen LogP contribution in [-0.2, 0) is 6.61 Å². The number of rotatable bonds is 6. The molecule has 19 heavy (non-hydrogen) atoms. The summed E-state index contributed by atoms with van der Waals surface area (Å²) in [4.78, 5) is 4.04. The van der Waals surface area contributed by atoms with Gasteiger partial charge in [0.2, 0.25) is 0 Å². The average Bonchev–Trinajstić information content (AvgIpc) is 2.47. The van der Waals surface area contributed by atoms with Gasteiger partial charge in [-0.05, 0) is 30.2 Å². The smallest absolute Gasteiger partial charge is 0.119 e. The highest BCUT2D eigenvalue weighted by Crippen LogP contribution is 2.21. The van der Waals surface area contributed by atoms with Crippen molar-refractivity contribution in [1.82, 2.24) is 4.98 Å². The second kappa shape index (κ2) is 6.90. The molecule has 2 rings (SSSR count). The van der Waals surface area contributed by atoms with Gasteiger partial charge in [-0.15, -0.1) is 0 Å². The first-order valence-electron chi connectivity index (χ1n) is 6.59. The van der Waals surface area contributed by atoms with Crippen LogP contribution in [0.3, 0.4) is 0 Å². The van der Waals surface area contributed by atoms with E-state index in [0.29, 0.717) is 6.61 Å². The summed E-state index contributed by atoms with van der Waals surface area (Å²) in [5.74, 6) is 0.802. The van der Waals surface area contributed by atoms with E-state index in [2.05, 4.69) is 11.9 Å². The molecular formula is C16H19NO2. The molecule has 0 saturated heterocycles. The summed E-state index contributed by atoms with van der Waals surface area (Å²) in [6, 6.07) is 11.5. The largest absolute Gasteiger partial charge is 0.489 e. The Hall–Kier alpha value is -1.87. The lowest BCUT2D eigenvalue weighted by molar-refractivity contribution is 0.166. The lowest BCUT2D eigenvalue weighted by atomic mass is 10.1. The molecule has 0 aliphatic rings. The van der Waals surface area contributed by atoms with Crippen molar-refractivity contribution in [3.05, 3.63) is 59.9 Å². The first kappa shape index (κ1) is 13.6. The number of aromatic nitrogens is 1. The Morgan fingerprint density at radius 2 is 2.00 bits per heavy atom. The number of nitrogens with zero attached hydrogens (tertiary/aromatic N) is 1. The van der Waals surface area contributed by atoms with Gasteiger partial charge in [0.15, 0.2) is 0 Å². The van der Waals surface area contributed by atoms with Gasteiger partial charge in [-0.1, -0.05) is 31.5 Å². The van der Waals surface area contributed by atoms with Crippen molar-refractivity contribution in [2.24, 2.45) is 0 Å². The maximum absolute atomic E-state index is 9.87. The van der Waals surface area contributed by atoms with Crippen LogP contribution in [0.15, 0.2) is 48.8 Å². The minimum absolute atomic E-state index is 0.377. The Kier molecular flexibility index (Phi) is 4.93. The summed E-state index contributed by atoms with van der Waals surface area (Å²) in [7, 11) is 0. The highest BCUT2D eigenvalue weighted by atomic mass is 16.5. The van der Waals surface area contributed by atoms with Gasteiger partial charge in [0.25, 0.3) is 0 Å². The summed E-state index contributed by atoms with van der Waals surface area (Å²) in [5.41, 5.74) is 1.98.